The van der Waals surface area contributed by atoms with E-state index in [0.717, 1.165) is 6.54 Å². The summed E-state index contributed by atoms with van der Waals surface area (Å²) in [4.78, 5) is 0. The fourth-order valence-corrected chi connectivity index (χ4v) is 0.924. The van der Waals surface area contributed by atoms with Gasteiger partial charge in [0.1, 0.15) is 6.54 Å². The molecule has 0 saturated heterocycles. The molecule has 0 saturated carbocycles. The zero-order valence-electron chi connectivity index (χ0n) is 8.06. The molecule has 0 spiro atoms. The van der Waals surface area contributed by atoms with E-state index in [9.17, 15) is 0 Å². The quantitative estimate of drug-likeness (QED) is 0.564. The lowest BCUT2D eigenvalue weighted by molar-refractivity contribution is -1.73. The molecule has 5 heteroatoms. The molecule has 0 aromatic carbocycles. The number of unbranched alkanes of at least 4 members (excludes halogenated alkanes) is 1. The van der Waals surface area contributed by atoms with Crippen LogP contribution >= 0.6 is 0 Å². The standard InChI is InChI=1S/C9H14N.ClO3/c1-2-3-7-10-8-5-4-6-9-10;2-1(3)4/h4-6,8-9H,2-3,7H2,1H3;/q+1;-1. The van der Waals surface area contributed by atoms with Crippen LogP contribution in [0.1, 0.15) is 19.8 Å². The predicted molar refractivity (Wildman–Crippen MR) is 41.5 cm³/mol. The summed E-state index contributed by atoms with van der Waals surface area (Å²) in [5.41, 5.74) is 0. The third kappa shape index (κ3) is 9.41. The van der Waals surface area contributed by atoms with E-state index in [0.29, 0.717) is 0 Å². The van der Waals surface area contributed by atoms with Gasteiger partial charge >= 0.3 is 0 Å². The summed E-state index contributed by atoms with van der Waals surface area (Å²) in [7, 11) is -2.85. The average molecular weight is 220 g/mol. The molecule has 1 aromatic rings. The summed E-state index contributed by atoms with van der Waals surface area (Å²) < 4.78 is 27.4. The third-order valence-electron chi connectivity index (χ3n) is 1.55. The van der Waals surface area contributed by atoms with Crippen molar-refractivity contribution in [3.8, 4) is 0 Å². The Balaban J connectivity index is 0.000000364. The van der Waals surface area contributed by atoms with Crippen molar-refractivity contribution in [2.75, 3.05) is 0 Å². The van der Waals surface area contributed by atoms with Crippen LogP contribution in [0.25, 0.3) is 0 Å². The Labute approximate surface area is 86.8 Å². The molecule has 0 atom stereocenters. The number of halogens is 1. The fourth-order valence-electron chi connectivity index (χ4n) is 0.924. The molecule has 0 bridgehead atoms. The van der Waals surface area contributed by atoms with Crippen LogP contribution < -0.4 is 18.5 Å². The van der Waals surface area contributed by atoms with E-state index in [4.69, 9.17) is 14.0 Å². The molecule has 0 N–H and O–H groups in total. The van der Waals surface area contributed by atoms with Crippen LogP contribution in [0.3, 0.4) is 0 Å². The highest BCUT2D eigenvalue weighted by Gasteiger charge is 1.93. The van der Waals surface area contributed by atoms with Crippen LogP contribution in [0.15, 0.2) is 30.6 Å². The van der Waals surface area contributed by atoms with Crippen LogP contribution in [0.4, 0.5) is 0 Å². The number of nitrogens with zero attached hydrogens (tertiary/aromatic N) is 1. The number of pyridine rings is 1. The number of rotatable bonds is 3. The lowest BCUT2D eigenvalue weighted by atomic mass is 10.3. The first-order chi connectivity index (χ1) is 6.66. The summed E-state index contributed by atoms with van der Waals surface area (Å²) >= 11 is 0. The van der Waals surface area contributed by atoms with Crippen molar-refractivity contribution < 1.29 is 29.3 Å². The van der Waals surface area contributed by atoms with Gasteiger partial charge in [-0.05, 0) is 0 Å². The second-order valence-corrected chi connectivity index (χ2v) is 3.03. The Morgan fingerprint density at radius 3 is 2.00 bits per heavy atom. The Morgan fingerprint density at radius 1 is 1.07 bits per heavy atom. The van der Waals surface area contributed by atoms with Gasteiger partial charge in [-0.2, -0.15) is 0 Å². The Bertz CT molecular complexity index is 216. The van der Waals surface area contributed by atoms with Crippen LogP contribution in [0.5, 0.6) is 0 Å². The molecular formula is C9H14ClNO3. The van der Waals surface area contributed by atoms with Gasteiger partial charge in [0.2, 0.25) is 0 Å². The van der Waals surface area contributed by atoms with E-state index in [-0.39, 0.29) is 0 Å². The first-order valence-corrected chi connectivity index (χ1v) is 5.26. The summed E-state index contributed by atoms with van der Waals surface area (Å²) in [6, 6.07) is 6.17. The van der Waals surface area contributed by atoms with Gasteiger partial charge in [-0.15, -0.1) is 0 Å². The first kappa shape index (κ1) is 13.3. The van der Waals surface area contributed by atoms with Crippen LogP contribution in [-0.2, 0) is 6.54 Å². The van der Waals surface area contributed by atoms with E-state index < -0.39 is 10.8 Å². The Kier molecular flexibility index (Phi) is 8.47. The topological polar surface area (TPSA) is 73.1 Å². The summed E-state index contributed by atoms with van der Waals surface area (Å²) in [6.07, 6.45) is 6.75. The Hall–Kier alpha value is -0.680. The van der Waals surface area contributed by atoms with Crippen LogP contribution in [0, 0.1) is 10.8 Å². The minimum absolute atomic E-state index is 1.15. The van der Waals surface area contributed by atoms with Gasteiger partial charge in [0.15, 0.2) is 12.4 Å². The maximum Gasteiger partial charge on any atom is 0.168 e. The second-order valence-electron chi connectivity index (χ2n) is 2.66. The molecule has 0 aliphatic heterocycles. The molecule has 0 aliphatic carbocycles. The smallest absolute Gasteiger partial charge is 0.168 e. The fraction of sp³-hybridized carbons (Fsp3) is 0.444. The molecule has 0 unspecified atom stereocenters. The number of hydrogen-bond donors (Lipinski definition) is 0. The van der Waals surface area contributed by atoms with Gasteiger partial charge in [0.05, 0.1) is 10.8 Å². The van der Waals surface area contributed by atoms with Gasteiger partial charge in [0.25, 0.3) is 0 Å². The minimum Gasteiger partial charge on any atom is -0.357 e. The molecule has 1 rings (SSSR count). The molecule has 0 radical (unpaired) electrons. The van der Waals surface area contributed by atoms with Crippen molar-refractivity contribution >= 4 is 0 Å². The van der Waals surface area contributed by atoms with Crippen molar-refractivity contribution in [3.05, 3.63) is 30.6 Å². The van der Waals surface area contributed by atoms with Gasteiger partial charge in [-0.1, -0.05) is 19.4 Å². The van der Waals surface area contributed by atoms with Crippen molar-refractivity contribution in [1.82, 2.24) is 0 Å². The summed E-state index contributed by atoms with van der Waals surface area (Å²) in [5.74, 6) is 0. The summed E-state index contributed by atoms with van der Waals surface area (Å²) in [5, 5.41) is 0. The van der Waals surface area contributed by atoms with E-state index in [1.807, 2.05) is 6.07 Å². The number of aromatic nitrogens is 1. The highest BCUT2D eigenvalue weighted by molar-refractivity contribution is 4.83. The minimum atomic E-state index is -2.85. The first-order valence-electron chi connectivity index (χ1n) is 4.34. The Morgan fingerprint density at radius 2 is 1.57 bits per heavy atom. The largest absolute Gasteiger partial charge is 0.357 e. The zero-order valence-corrected chi connectivity index (χ0v) is 8.81. The number of hydrogen-bond acceptors (Lipinski definition) is 3. The summed E-state index contributed by atoms with van der Waals surface area (Å²) in [6.45, 7) is 3.36. The van der Waals surface area contributed by atoms with E-state index in [1.54, 1.807) is 0 Å². The van der Waals surface area contributed by atoms with Gasteiger partial charge < -0.3 is 14.0 Å². The molecule has 1 aromatic heterocycles. The highest BCUT2D eigenvalue weighted by Crippen LogP contribution is 1.85. The normalized spacial score (nSPS) is 9.50. The van der Waals surface area contributed by atoms with Crippen molar-refractivity contribution in [1.29, 1.82) is 0 Å². The molecule has 14 heavy (non-hydrogen) atoms. The molecule has 0 aliphatic rings. The lowest BCUT2D eigenvalue weighted by Gasteiger charge is -1.91. The predicted octanol–water partition coefficient (Wildman–Crippen LogP) is -1.79. The van der Waals surface area contributed by atoms with Crippen molar-refractivity contribution in [3.63, 3.8) is 0 Å². The molecule has 0 amide bonds. The van der Waals surface area contributed by atoms with Crippen molar-refractivity contribution in [2.24, 2.45) is 0 Å². The molecule has 0 fully saturated rings. The van der Waals surface area contributed by atoms with E-state index in [1.165, 1.54) is 12.8 Å². The van der Waals surface area contributed by atoms with Gasteiger partial charge in [-0.3, -0.25) is 0 Å². The van der Waals surface area contributed by atoms with E-state index in [2.05, 4.69) is 36.0 Å². The van der Waals surface area contributed by atoms with E-state index >= 15 is 0 Å². The molecule has 4 nitrogen and oxygen atoms in total. The maximum absolute atomic E-state index is 8.41. The average Bonchev–Trinajstić information content (AvgIpc) is 2.15. The number of aryl methyl sites for hydroxylation is 1. The monoisotopic (exact) mass is 219 g/mol. The second kappa shape index (κ2) is 8.90. The highest BCUT2D eigenvalue weighted by atomic mass is 35.6. The third-order valence-corrected chi connectivity index (χ3v) is 1.55. The van der Waals surface area contributed by atoms with Crippen molar-refractivity contribution in [2.45, 2.75) is 26.3 Å². The SMILES string of the molecule is CCCC[n+]1ccccc1.[O-][Cl+2]([O-])[O-]. The lowest BCUT2D eigenvalue weighted by Crippen LogP contribution is -2.42. The van der Waals surface area contributed by atoms with Crippen LogP contribution in [0.2, 0.25) is 0 Å². The molecule has 1 heterocycles. The molecular weight excluding hydrogens is 206 g/mol. The van der Waals surface area contributed by atoms with Gasteiger partial charge in [-0.25, -0.2) is 4.57 Å². The van der Waals surface area contributed by atoms with Gasteiger partial charge in [0, 0.05) is 18.6 Å². The zero-order chi connectivity index (χ0) is 10.8. The van der Waals surface area contributed by atoms with Crippen LogP contribution in [-0.4, -0.2) is 0 Å². The molecule has 80 valence electrons. The maximum atomic E-state index is 8.41.